The van der Waals surface area contributed by atoms with Gasteiger partial charge in [-0.1, -0.05) is 24.3 Å². The number of hydrogen-bond donors (Lipinski definition) is 2. The lowest BCUT2D eigenvalue weighted by Gasteiger charge is -2.35. The Morgan fingerprint density at radius 2 is 1.70 bits per heavy atom. The van der Waals surface area contributed by atoms with Crippen molar-refractivity contribution >= 4 is 22.3 Å². The van der Waals surface area contributed by atoms with Crippen molar-refractivity contribution in [3.05, 3.63) is 47.7 Å². The van der Waals surface area contributed by atoms with Gasteiger partial charge in [-0.05, 0) is 69.5 Å². The Labute approximate surface area is 236 Å². The summed E-state index contributed by atoms with van der Waals surface area (Å²) >= 11 is 0. The second-order valence-electron chi connectivity index (χ2n) is 12.7. The van der Waals surface area contributed by atoms with E-state index in [1.165, 1.54) is 62.6 Å². The van der Waals surface area contributed by atoms with Gasteiger partial charge in [-0.3, -0.25) is 4.90 Å². The van der Waals surface area contributed by atoms with Gasteiger partial charge in [-0.15, -0.1) is 0 Å². The molecule has 2 bridgehead atoms. The van der Waals surface area contributed by atoms with Crippen LogP contribution in [0.2, 0.25) is 0 Å². The Morgan fingerprint density at radius 3 is 2.52 bits per heavy atom. The molecule has 5 aliphatic heterocycles. The van der Waals surface area contributed by atoms with Crippen LogP contribution in [0.25, 0.3) is 10.8 Å². The molecule has 2 unspecified atom stereocenters. The number of aromatic hydroxyl groups is 1. The quantitative estimate of drug-likeness (QED) is 0.505. The lowest BCUT2D eigenvalue weighted by atomic mass is 9.95. The number of phenols is 1. The largest absolute Gasteiger partial charge is 0.508 e. The van der Waals surface area contributed by atoms with Gasteiger partial charge in [0.2, 0.25) is 0 Å². The molecule has 0 radical (unpaired) electrons. The number of rotatable bonds is 5. The molecule has 8 nitrogen and oxygen atoms in total. The second-order valence-corrected chi connectivity index (χ2v) is 12.7. The molecule has 4 saturated heterocycles. The normalized spacial score (nSPS) is 25.7. The van der Waals surface area contributed by atoms with E-state index in [1.54, 1.807) is 0 Å². The molecule has 6 heterocycles. The third kappa shape index (κ3) is 4.27. The van der Waals surface area contributed by atoms with Gasteiger partial charge in [0.05, 0.1) is 11.2 Å². The first kappa shape index (κ1) is 24.7. The Morgan fingerprint density at radius 1 is 0.925 bits per heavy atom. The van der Waals surface area contributed by atoms with Crippen LogP contribution in [-0.4, -0.2) is 83.5 Å². The van der Waals surface area contributed by atoms with Gasteiger partial charge in [-0.25, -0.2) is 0 Å². The first-order valence-electron chi connectivity index (χ1n) is 15.4. The second kappa shape index (κ2) is 9.77. The van der Waals surface area contributed by atoms with Crippen LogP contribution in [0.15, 0.2) is 36.4 Å². The zero-order valence-electron chi connectivity index (χ0n) is 23.3. The first-order chi connectivity index (χ1) is 19.6. The Kier molecular flexibility index (Phi) is 6.03. The highest BCUT2D eigenvalue weighted by Gasteiger charge is 2.45. The SMILES string of the molecule is Oc1cc(N2CCc3nc(OCC45CCCN4CCC5)nc(N4CC5CCC(C4)N5)c3CC2)c2ccccc2c1. The molecule has 0 saturated carbocycles. The fourth-order valence-corrected chi connectivity index (χ4v) is 8.29. The molecule has 8 rings (SSSR count). The van der Waals surface area contributed by atoms with Crippen molar-refractivity contribution in [3.63, 3.8) is 0 Å². The number of anilines is 2. The smallest absolute Gasteiger partial charge is 0.318 e. The van der Waals surface area contributed by atoms with Gasteiger partial charge < -0.3 is 25.0 Å². The molecule has 2 atom stereocenters. The van der Waals surface area contributed by atoms with Crippen molar-refractivity contribution in [1.82, 2.24) is 20.2 Å². The number of piperazine rings is 1. The van der Waals surface area contributed by atoms with Crippen molar-refractivity contribution in [3.8, 4) is 11.8 Å². The lowest BCUT2D eigenvalue weighted by Crippen LogP contribution is -2.51. The molecular weight excluding hydrogens is 500 g/mol. The summed E-state index contributed by atoms with van der Waals surface area (Å²) in [6.45, 7) is 6.80. The van der Waals surface area contributed by atoms with Crippen LogP contribution in [0.3, 0.4) is 0 Å². The van der Waals surface area contributed by atoms with Crippen molar-refractivity contribution in [1.29, 1.82) is 0 Å². The van der Waals surface area contributed by atoms with E-state index in [4.69, 9.17) is 14.7 Å². The molecule has 0 aliphatic carbocycles. The summed E-state index contributed by atoms with van der Waals surface area (Å²) in [4.78, 5) is 17.8. The number of fused-ring (bicyclic) bond motifs is 5. The first-order valence-corrected chi connectivity index (χ1v) is 15.4. The summed E-state index contributed by atoms with van der Waals surface area (Å²) in [5.41, 5.74) is 3.68. The Bertz CT molecular complexity index is 1410. The van der Waals surface area contributed by atoms with Gasteiger partial charge >= 0.3 is 6.01 Å². The maximum atomic E-state index is 10.5. The molecule has 5 aliphatic rings. The lowest BCUT2D eigenvalue weighted by molar-refractivity contribution is 0.107. The van der Waals surface area contributed by atoms with E-state index in [1.807, 2.05) is 18.2 Å². The highest BCUT2D eigenvalue weighted by atomic mass is 16.5. The average Bonchev–Trinajstić information content (AvgIpc) is 3.60. The molecule has 210 valence electrons. The van der Waals surface area contributed by atoms with Crippen LogP contribution < -0.4 is 19.9 Å². The predicted octanol–water partition coefficient (Wildman–Crippen LogP) is 3.89. The van der Waals surface area contributed by atoms with E-state index in [0.717, 1.165) is 61.6 Å². The van der Waals surface area contributed by atoms with Crippen LogP contribution in [0, 0.1) is 0 Å². The summed E-state index contributed by atoms with van der Waals surface area (Å²) in [6, 6.07) is 13.8. The number of benzene rings is 2. The third-order valence-corrected chi connectivity index (χ3v) is 10.3. The predicted molar refractivity (Wildman–Crippen MR) is 158 cm³/mol. The minimum absolute atomic E-state index is 0.178. The molecule has 0 spiro atoms. The van der Waals surface area contributed by atoms with E-state index in [0.29, 0.717) is 30.5 Å². The monoisotopic (exact) mass is 540 g/mol. The van der Waals surface area contributed by atoms with E-state index >= 15 is 0 Å². The zero-order chi connectivity index (χ0) is 26.7. The van der Waals surface area contributed by atoms with Crippen LogP contribution in [0.5, 0.6) is 11.8 Å². The summed E-state index contributed by atoms with van der Waals surface area (Å²) < 4.78 is 6.53. The number of phenolic OH excluding ortho intramolecular Hbond substituents is 1. The fraction of sp³-hybridized carbons (Fsp3) is 0.562. The van der Waals surface area contributed by atoms with Crippen LogP contribution in [0.1, 0.15) is 49.8 Å². The molecule has 0 amide bonds. The number of ether oxygens (including phenoxy) is 1. The van der Waals surface area contributed by atoms with Crippen LogP contribution >= 0.6 is 0 Å². The van der Waals surface area contributed by atoms with Crippen molar-refractivity contribution in [2.75, 3.05) is 55.7 Å². The topological polar surface area (TPSA) is 77.0 Å². The Hall–Kier alpha value is -3.10. The molecule has 2 aromatic carbocycles. The molecule has 2 N–H and O–H groups in total. The maximum absolute atomic E-state index is 10.5. The molecule has 8 heteroatoms. The summed E-state index contributed by atoms with van der Waals surface area (Å²) in [5.74, 6) is 1.41. The Balaban J connectivity index is 1.12. The van der Waals surface area contributed by atoms with Gasteiger partial charge in [0.15, 0.2) is 0 Å². The minimum atomic E-state index is 0.178. The van der Waals surface area contributed by atoms with E-state index in [9.17, 15) is 5.11 Å². The van der Waals surface area contributed by atoms with E-state index in [2.05, 4.69) is 38.2 Å². The summed E-state index contributed by atoms with van der Waals surface area (Å²) in [7, 11) is 0. The third-order valence-electron chi connectivity index (χ3n) is 10.3. The number of hydrogen-bond acceptors (Lipinski definition) is 8. The molecule has 3 aromatic rings. The van der Waals surface area contributed by atoms with Crippen LogP contribution in [-0.2, 0) is 12.8 Å². The summed E-state index contributed by atoms with van der Waals surface area (Å²) in [5, 5.41) is 16.6. The number of aromatic nitrogens is 2. The van der Waals surface area contributed by atoms with E-state index in [-0.39, 0.29) is 5.54 Å². The van der Waals surface area contributed by atoms with Gasteiger partial charge in [0.25, 0.3) is 0 Å². The van der Waals surface area contributed by atoms with Gasteiger partial charge in [-0.2, -0.15) is 9.97 Å². The number of nitrogens with one attached hydrogen (secondary N) is 1. The summed E-state index contributed by atoms with van der Waals surface area (Å²) in [6.07, 6.45) is 9.18. The minimum Gasteiger partial charge on any atom is -0.508 e. The zero-order valence-corrected chi connectivity index (χ0v) is 23.3. The van der Waals surface area contributed by atoms with Crippen LogP contribution in [0.4, 0.5) is 11.5 Å². The standard InChI is InChI=1S/C32H40N6O2/c39-25-17-22-5-1-2-6-26(22)29(18-25)36-15-9-27-28(10-16-36)34-31(40-21-32-11-3-13-38(32)14-4-12-32)35-30(27)37-19-23-7-8-24(20-37)33-23/h1-2,5-6,17-18,23-24,33,39H,3-4,7-16,19-21H2. The molecular formula is C32H40N6O2. The van der Waals surface area contributed by atoms with Gasteiger partial charge in [0, 0.05) is 67.4 Å². The average molecular weight is 541 g/mol. The number of nitrogens with zero attached hydrogens (tertiary/aromatic N) is 5. The van der Waals surface area contributed by atoms with Gasteiger partial charge in [0.1, 0.15) is 18.2 Å². The van der Waals surface area contributed by atoms with Crippen molar-refractivity contribution < 1.29 is 9.84 Å². The van der Waals surface area contributed by atoms with E-state index < -0.39 is 0 Å². The molecule has 1 aromatic heterocycles. The maximum Gasteiger partial charge on any atom is 0.318 e. The molecule has 40 heavy (non-hydrogen) atoms. The highest BCUT2D eigenvalue weighted by Crippen LogP contribution is 2.40. The van der Waals surface area contributed by atoms with Crippen molar-refractivity contribution in [2.45, 2.75) is 69.0 Å². The molecule has 4 fully saturated rings. The van der Waals surface area contributed by atoms with Crippen molar-refractivity contribution in [2.24, 2.45) is 0 Å². The fourth-order valence-electron chi connectivity index (χ4n) is 8.29. The highest BCUT2D eigenvalue weighted by molar-refractivity contribution is 5.95.